The Bertz CT molecular complexity index is 405. The first-order valence-corrected chi connectivity index (χ1v) is 5.72. The average Bonchev–Trinajstić information content (AvgIpc) is 2.20. The minimum Gasteiger partial charge on any atom is -0.391 e. The molecule has 4 nitrogen and oxygen atoms in total. The zero-order valence-corrected chi connectivity index (χ0v) is 10.9. The summed E-state index contributed by atoms with van der Waals surface area (Å²) in [7, 11) is 0. The van der Waals surface area contributed by atoms with Crippen LogP contribution in [0.5, 0.6) is 0 Å². The Kier molecular flexibility index (Phi) is 4.37. The summed E-state index contributed by atoms with van der Waals surface area (Å²) in [5, 5.41) is 15.3. The molecule has 1 unspecified atom stereocenters. The molecule has 5 heteroatoms. The lowest BCUT2D eigenvalue weighted by atomic mass is 9.99. The van der Waals surface area contributed by atoms with Crippen LogP contribution in [0, 0.1) is 0 Å². The largest absolute Gasteiger partial charge is 0.391 e. The molecule has 1 aromatic carbocycles. The molecular weight excluding hydrogens is 240 g/mol. The van der Waals surface area contributed by atoms with Crippen molar-refractivity contribution in [3.63, 3.8) is 0 Å². The smallest absolute Gasteiger partial charge is 0.319 e. The minimum atomic E-state index is -0.703. The highest BCUT2D eigenvalue weighted by atomic mass is 35.5. The predicted molar refractivity (Wildman–Crippen MR) is 69.4 cm³/mol. The molecule has 0 aliphatic carbocycles. The molecule has 0 aliphatic rings. The molecule has 0 bridgehead atoms. The number of carbonyl (C=O) groups is 1. The summed E-state index contributed by atoms with van der Waals surface area (Å²) in [6.45, 7) is 5.10. The predicted octanol–water partition coefficient (Wildman–Crippen LogP) is 2.62. The fourth-order valence-electron chi connectivity index (χ4n) is 1.11. The number of urea groups is 1. The first-order chi connectivity index (χ1) is 7.83. The van der Waals surface area contributed by atoms with E-state index in [1.165, 1.54) is 0 Å². The van der Waals surface area contributed by atoms with E-state index in [0.717, 1.165) is 0 Å². The van der Waals surface area contributed by atoms with Crippen LogP contribution in [-0.4, -0.2) is 22.8 Å². The lowest BCUT2D eigenvalue weighted by Crippen LogP contribution is -2.52. The Balaban J connectivity index is 2.66. The number of hydrogen-bond donors (Lipinski definition) is 3. The monoisotopic (exact) mass is 256 g/mol. The van der Waals surface area contributed by atoms with Gasteiger partial charge in [0.25, 0.3) is 0 Å². The molecule has 0 heterocycles. The second-order valence-corrected chi connectivity index (χ2v) is 4.86. The molecule has 1 atom stereocenters. The van der Waals surface area contributed by atoms with Crippen LogP contribution in [0.3, 0.4) is 0 Å². The molecule has 94 valence electrons. The Morgan fingerprint density at radius 2 is 2.00 bits per heavy atom. The maximum Gasteiger partial charge on any atom is 0.319 e. The van der Waals surface area contributed by atoms with Gasteiger partial charge in [-0.2, -0.15) is 0 Å². The van der Waals surface area contributed by atoms with Gasteiger partial charge in [0.1, 0.15) is 0 Å². The molecule has 0 saturated carbocycles. The standard InChI is InChI=1S/C12H17ClN2O2/c1-8(16)12(2,3)15-11(17)14-10-7-5-4-6-9(10)13/h4-8,16H,1-3H3,(H2,14,15,17). The lowest BCUT2D eigenvalue weighted by Gasteiger charge is -2.29. The van der Waals surface area contributed by atoms with Crippen LogP contribution in [0.4, 0.5) is 10.5 Å². The average molecular weight is 257 g/mol. The van der Waals surface area contributed by atoms with Crippen molar-refractivity contribution in [1.82, 2.24) is 5.32 Å². The van der Waals surface area contributed by atoms with Crippen molar-refractivity contribution >= 4 is 23.3 Å². The maximum atomic E-state index is 11.7. The Labute approximate surface area is 106 Å². The van der Waals surface area contributed by atoms with Gasteiger partial charge in [-0.3, -0.25) is 0 Å². The van der Waals surface area contributed by atoms with Crippen molar-refractivity contribution in [1.29, 1.82) is 0 Å². The number of aliphatic hydroxyl groups is 1. The van der Waals surface area contributed by atoms with E-state index in [4.69, 9.17) is 11.6 Å². The van der Waals surface area contributed by atoms with Crippen LogP contribution < -0.4 is 10.6 Å². The van der Waals surface area contributed by atoms with Crippen molar-refractivity contribution in [2.75, 3.05) is 5.32 Å². The molecule has 17 heavy (non-hydrogen) atoms. The molecule has 0 fully saturated rings. The van der Waals surface area contributed by atoms with E-state index in [9.17, 15) is 9.90 Å². The molecule has 0 saturated heterocycles. The van der Waals surface area contributed by atoms with E-state index < -0.39 is 17.7 Å². The summed E-state index contributed by atoms with van der Waals surface area (Å²) in [4.78, 5) is 11.7. The second kappa shape index (κ2) is 5.38. The first kappa shape index (κ1) is 13.8. The van der Waals surface area contributed by atoms with Gasteiger partial charge in [0.2, 0.25) is 0 Å². The zero-order valence-electron chi connectivity index (χ0n) is 10.1. The van der Waals surface area contributed by atoms with E-state index >= 15 is 0 Å². The summed E-state index contributed by atoms with van der Waals surface area (Å²) in [5.74, 6) is 0. The first-order valence-electron chi connectivity index (χ1n) is 5.34. The topological polar surface area (TPSA) is 61.4 Å². The van der Waals surface area contributed by atoms with Gasteiger partial charge in [0.05, 0.1) is 22.4 Å². The van der Waals surface area contributed by atoms with Crippen LogP contribution in [0.1, 0.15) is 20.8 Å². The van der Waals surface area contributed by atoms with Gasteiger partial charge in [0, 0.05) is 0 Å². The second-order valence-electron chi connectivity index (χ2n) is 4.46. The van der Waals surface area contributed by atoms with Crippen LogP contribution in [0.2, 0.25) is 5.02 Å². The summed E-state index contributed by atoms with van der Waals surface area (Å²) in [6.07, 6.45) is -0.653. The van der Waals surface area contributed by atoms with E-state index in [1.54, 1.807) is 45.0 Å². The van der Waals surface area contributed by atoms with Crippen molar-refractivity contribution < 1.29 is 9.90 Å². The summed E-state index contributed by atoms with van der Waals surface area (Å²) in [5.41, 5.74) is -0.168. The van der Waals surface area contributed by atoms with Crippen molar-refractivity contribution in [3.8, 4) is 0 Å². The molecule has 0 aromatic heterocycles. The summed E-state index contributed by atoms with van der Waals surface area (Å²) < 4.78 is 0. The van der Waals surface area contributed by atoms with Crippen molar-refractivity contribution in [3.05, 3.63) is 29.3 Å². The SMILES string of the molecule is CC(O)C(C)(C)NC(=O)Nc1ccccc1Cl. The van der Waals surface area contributed by atoms with E-state index in [-0.39, 0.29) is 0 Å². The fourth-order valence-corrected chi connectivity index (χ4v) is 1.30. The molecule has 1 aromatic rings. The molecule has 3 N–H and O–H groups in total. The number of nitrogens with one attached hydrogen (secondary N) is 2. The number of rotatable bonds is 3. The van der Waals surface area contributed by atoms with Gasteiger partial charge >= 0.3 is 6.03 Å². The highest BCUT2D eigenvalue weighted by molar-refractivity contribution is 6.33. The minimum absolute atomic E-state index is 0.399. The van der Waals surface area contributed by atoms with Crippen LogP contribution in [0.15, 0.2) is 24.3 Å². The molecule has 1 rings (SSSR count). The van der Waals surface area contributed by atoms with Gasteiger partial charge in [-0.1, -0.05) is 23.7 Å². The molecular formula is C12H17ClN2O2. The highest BCUT2D eigenvalue weighted by Gasteiger charge is 2.26. The van der Waals surface area contributed by atoms with E-state index in [1.807, 2.05) is 0 Å². The number of aliphatic hydroxyl groups excluding tert-OH is 1. The van der Waals surface area contributed by atoms with Gasteiger partial charge in [-0.05, 0) is 32.9 Å². The summed E-state index contributed by atoms with van der Waals surface area (Å²) in [6, 6.07) is 6.56. The van der Waals surface area contributed by atoms with Gasteiger partial charge < -0.3 is 15.7 Å². The fraction of sp³-hybridized carbons (Fsp3) is 0.417. The number of anilines is 1. The number of carbonyl (C=O) groups excluding carboxylic acids is 1. The van der Waals surface area contributed by atoms with Crippen LogP contribution in [-0.2, 0) is 0 Å². The van der Waals surface area contributed by atoms with Crippen LogP contribution >= 0.6 is 11.6 Å². The van der Waals surface area contributed by atoms with Crippen LogP contribution in [0.25, 0.3) is 0 Å². The molecule has 0 radical (unpaired) electrons. The third-order valence-corrected chi connectivity index (χ3v) is 2.93. The lowest BCUT2D eigenvalue weighted by molar-refractivity contribution is 0.103. The van der Waals surface area contributed by atoms with E-state index in [2.05, 4.69) is 10.6 Å². The Morgan fingerprint density at radius 3 is 2.53 bits per heavy atom. The number of para-hydroxylation sites is 1. The molecule has 0 spiro atoms. The zero-order chi connectivity index (χ0) is 13.1. The van der Waals surface area contributed by atoms with Crippen molar-refractivity contribution in [2.45, 2.75) is 32.4 Å². The quantitative estimate of drug-likeness (QED) is 0.779. The molecule has 2 amide bonds. The Morgan fingerprint density at radius 1 is 1.41 bits per heavy atom. The summed E-state index contributed by atoms with van der Waals surface area (Å²) >= 11 is 5.91. The third-order valence-electron chi connectivity index (χ3n) is 2.60. The number of halogens is 1. The number of benzene rings is 1. The number of amides is 2. The maximum absolute atomic E-state index is 11.7. The van der Waals surface area contributed by atoms with E-state index in [0.29, 0.717) is 10.7 Å². The normalized spacial score (nSPS) is 13.0. The van der Waals surface area contributed by atoms with Gasteiger partial charge in [-0.15, -0.1) is 0 Å². The van der Waals surface area contributed by atoms with Gasteiger partial charge in [0.15, 0.2) is 0 Å². The van der Waals surface area contributed by atoms with Crippen molar-refractivity contribution in [2.24, 2.45) is 0 Å². The Hall–Kier alpha value is -1.26. The third kappa shape index (κ3) is 3.91. The highest BCUT2D eigenvalue weighted by Crippen LogP contribution is 2.20. The molecule has 0 aliphatic heterocycles. The van der Waals surface area contributed by atoms with Gasteiger partial charge in [-0.25, -0.2) is 4.79 Å². The number of hydrogen-bond acceptors (Lipinski definition) is 2.